The molecule has 2 aromatic heterocycles. The minimum atomic E-state index is -0.167. The number of nitrogens with zero attached hydrogens (tertiary/aromatic N) is 5. The highest BCUT2D eigenvalue weighted by atomic mass is 16.5. The van der Waals surface area contributed by atoms with Crippen LogP contribution >= 0.6 is 0 Å². The number of hydrogen-bond donors (Lipinski definition) is 1. The molecule has 0 saturated carbocycles. The van der Waals surface area contributed by atoms with Crippen molar-refractivity contribution >= 4 is 11.7 Å². The molecule has 1 amide bonds. The van der Waals surface area contributed by atoms with Crippen LogP contribution in [-0.2, 0) is 17.7 Å². The Kier molecular flexibility index (Phi) is 6.92. The normalized spacial score (nSPS) is 13.9. The third-order valence-corrected chi connectivity index (χ3v) is 5.73. The standard InChI is InChI=1S/C24H30N6O2/c1-17(2)30-16-25-28-23(30)21-6-4-7-22(26-21)27-24(31)19-9-8-18-10-12-29(11-5-13-32-3)15-20(18)14-19/h4,6-9,14,16-17H,5,10-13,15H2,1-3H3,(H,26,27,31). The fourth-order valence-electron chi connectivity index (χ4n) is 4.00. The van der Waals surface area contributed by atoms with Crippen LogP contribution in [0, 0.1) is 0 Å². The summed E-state index contributed by atoms with van der Waals surface area (Å²) in [6.45, 7) is 7.80. The van der Waals surface area contributed by atoms with Gasteiger partial charge in [-0.25, -0.2) is 4.98 Å². The van der Waals surface area contributed by atoms with Crippen LogP contribution in [0.5, 0.6) is 0 Å². The van der Waals surface area contributed by atoms with E-state index in [9.17, 15) is 4.79 Å². The number of rotatable bonds is 8. The van der Waals surface area contributed by atoms with Gasteiger partial charge >= 0.3 is 0 Å². The molecule has 1 aliphatic rings. The van der Waals surface area contributed by atoms with Crippen LogP contribution < -0.4 is 5.32 Å². The monoisotopic (exact) mass is 434 g/mol. The van der Waals surface area contributed by atoms with Gasteiger partial charge in [0.25, 0.3) is 5.91 Å². The van der Waals surface area contributed by atoms with Crippen molar-refractivity contribution in [3.05, 3.63) is 59.4 Å². The molecule has 0 bridgehead atoms. The molecule has 3 aromatic rings. The van der Waals surface area contributed by atoms with Gasteiger partial charge in [-0.15, -0.1) is 10.2 Å². The number of ether oxygens (including phenoxy) is 1. The van der Waals surface area contributed by atoms with E-state index in [2.05, 4.69) is 45.3 Å². The van der Waals surface area contributed by atoms with Crippen molar-refractivity contribution in [1.82, 2.24) is 24.6 Å². The molecule has 0 aliphatic carbocycles. The number of anilines is 1. The first-order valence-electron chi connectivity index (χ1n) is 11.1. The summed E-state index contributed by atoms with van der Waals surface area (Å²) in [5.74, 6) is 1.00. The number of aromatic nitrogens is 4. The molecule has 8 nitrogen and oxygen atoms in total. The Morgan fingerprint density at radius 3 is 2.91 bits per heavy atom. The van der Waals surface area contributed by atoms with Gasteiger partial charge < -0.3 is 14.6 Å². The summed E-state index contributed by atoms with van der Waals surface area (Å²) in [4.78, 5) is 20.0. The lowest BCUT2D eigenvalue weighted by molar-refractivity contribution is 0.102. The van der Waals surface area contributed by atoms with Crippen LogP contribution in [0.3, 0.4) is 0 Å². The van der Waals surface area contributed by atoms with Crippen LogP contribution in [0.4, 0.5) is 5.82 Å². The number of hydrogen-bond acceptors (Lipinski definition) is 6. The molecule has 1 aliphatic heterocycles. The quantitative estimate of drug-likeness (QED) is 0.546. The Labute approximate surface area is 188 Å². The molecular weight excluding hydrogens is 404 g/mol. The lowest BCUT2D eigenvalue weighted by atomic mass is 9.97. The topological polar surface area (TPSA) is 85.2 Å². The molecule has 3 heterocycles. The SMILES string of the molecule is COCCCN1CCc2ccc(C(=O)Nc3cccc(-c4nncn4C(C)C)n3)cc2C1. The van der Waals surface area contributed by atoms with E-state index in [1.807, 2.05) is 28.8 Å². The molecular formula is C24H30N6O2. The zero-order valence-corrected chi connectivity index (χ0v) is 18.9. The summed E-state index contributed by atoms with van der Waals surface area (Å²) in [6, 6.07) is 11.7. The average molecular weight is 435 g/mol. The van der Waals surface area contributed by atoms with E-state index in [1.54, 1.807) is 19.5 Å². The number of carbonyl (C=O) groups excluding carboxylic acids is 1. The minimum Gasteiger partial charge on any atom is -0.385 e. The Balaban J connectivity index is 1.47. The van der Waals surface area contributed by atoms with Gasteiger partial charge in [-0.05, 0) is 62.1 Å². The summed E-state index contributed by atoms with van der Waals surface area (Å²) >= 11 is 0. The summed E-state index contributed by atoms with van der Waals surface area (Å²) in [6.07, 6.45) is 3.71. The third kappa shape index (κ3) is 5.03. The first-order chi connectivity index (χ1) is 15.5. The Morgan fingerprint density at radius 2 is 2.09 bits per heavy atom. The molecule has 8 heteroatoms. The van der Waals surface area contributed by atoms with Crippen molar-refractivity contribution < 1.29 is 9.53 Å². The first kappa shape index (κ1) is 22.1. The van der Waals surface area contributed by atoms with E-state index >= 15 is 0 Å². The van der Waals surface area contributed by atoms with Crippen molar-refractivity contribution in [2.24, 2.45) is 0 Å². The maximum absolute atomic E-state index is 13.0. The number of carbonyl (C=O) groups is 1. The Hall–Kier alpha value is -3.10. The summed E-state index contributed by atoms with van der Waals surface area (Å²) in [5.41, 5.74) is 3.84. The van der Waals surface area contributed by atoms with Crippen molar-refractivity contribution in [2.75, 3.05) is 32.1 Å². The zero-order chi connectivity index (χ0) is 22.5. The molecule has 0 saturated heterocycles. The van der Waals surface area contributed by atoms with Gasteiger partial charge in [0, 0.05) is 45.0 Å². The Bertz CT molecular complexity index is 1080. The average Bonchev–Trinajstić information content (AvgIpc) is 3.29. The van der Waals surface area contributed by atoms with Gasteiger partial charge in [0.05, 0.1) is 0 Å². The van der Waals surface area contributed by atoms with Crippen molar-refractivity contribution in [3.63, 3.8) is 0 Å². The molecule has 32 heavy (non-hydrogen) atoms. The molecule has 0 atom stereocenters. The molecule has 168 valence electrons. The lowest BCUT2D eigenvalue weighted by Crippen LogP contribution is -2.32. The van der Waals surface area contributed by atoms with Gasteiger partial charge in [0.15, 0.2) is 5.82 Å². The maximum Gasteiger partial charge on any atom is 0.256 e. The van der Waals surface area contributed by atoms with Crippen LogP contribution in [0.2, 0.25) is 0 Å². The predicted molar refractivity (Wildman–Crippen MR) is 124 cm³/mol. The molecule has 0 fully saturated rings. The van der Waals surface area contributed by atoms with Crippen LogP contribution in [-0.4, -0.2) is 57.4 Å². The number of benzene rings is 1. The van der Waals surface area contributed by atoms with Crippen LogP contribution in [0.1, 0.15) is 47.8 Å². The number of nitrogens with one attached hydrogen (secondary N) is 1. The third-order valence-electron chi connectivity index (χ3n) is 5.73. The predicted octanol–water partition coefficient (Wildman–Crippen LogP) is 3.57. The first-order valence-corrected chi connectivity index (χ1v) is 11.1. The molecule has 0 spiro atoms. The lowest BCUT2D eigenvalue weighted by Gasteiger charge is -2.29. The van der Waals surface area contributed by atoms with Crippen molar-refractivity contribution in [3.8, 4) is 11.5 Å². The minimum absolute atomic E-state index is 0.167. The van der Waals surface area contributed by atoms with Crippen molar-refractivity contribution in [2.45, 2.75) is 39.3 Å². The summed E-state index contributed by atoms with van der Waals surface area (Å²) < 4.78 is 7.12. The Morgan fingerprint density at radius 1 is 1.22 bits per heavy atom. The van der Waals surface area contributed by atoms with Crippen LogP contribution in [0.25, 0.3) is 11.5 Å². The molecule has 1 N–H and O–H groups in total. The van der Waals surface area contributed by atoms with E-state index < -0.39 is 0 Å². The molecule has 0 unspecified atom stereocenters. The van der Waals surface area contributed by atoms with Crippen molar-refractivity contribution in [1.29, 1.82) is 0 Å². The largest absolute Gasteiger partial charge is 0.385 e. The van der Waals surface area contributed by atoms with E-state index in [0.717, 1.165) is 39.1 Å². The fourth-order valence-corrected chi connectivity index (χ4v) is 4.00. The second-order valence-corrected chi connectivity index (χ2v) is 8.37. The highest BCUT2D eigenvalue weighted by molar-refractivity contribution is 6.04. The van der Waals surface area contributed by atoms with E-state index in [4.69, 9.17) is 4.74 Å². The number of methoxy groups -OCH3 is 1. The fraction of sp³-hybridized carbons (Fsp3) is 0.417. The number of amides is 1. The summed E-state index contributed by atoms with van der Waals surface area (Å²) in [7, 11) is 1.73. The summed E-state index contributed by atoms with van der Waals surface area (Å²) in [5, 5.41) is 11.1. The zero-order valence-electron chi connectivity index (χ0n) is 18.9. The van der Waals surface area contributed by atoms with Gasteiger partial charge in [-0.3, -0.25) is 9.69 Å². The highest BCUT2D eigenvalue weighted by Gasteiger charge is 2.18. The van der Waals surface area contributed by atoms with Gasteiger partial charge in [0.2, 0.25) is 0 Å². The highest BCUT2D eigenvalue weighted by Crippen LogP contribution is 2.22. The number of pyridine rings is 1. The molecule has 0 radical (unpaired) electrons. The van der Waals surface area contributed by atoms with Gasteiger partial charge in [0.1, 0.15) is 17.8 Å². The van der Waals surface area contributed by atoms with E-state index in [1.165, 1.54) is 11.1 Å². The van der Waals surface area contributed by atoms with Gasteiger partial charge in [-0.2, -0.15) is 0 Å². The second kappa shape index (κ2) is 10.0. The van der Waals surface area contributed by atoms with Crippen LogP contribution in [0.15, 0.2) is 42.7 Å². The van der Waals surface area contributed by atoms with E-state index in [0.29, 0.717) is 22.9 Å². The molecule has 1 aromatic carbocycles. The molecule has 4 rings (SSSR count). The second-order valence-electron chi connectivity index (χ2n) is 8.37. The smallest absolute Gasteiger partial charge is 0.256 e. The number of fused-ring (bicyclic) bond motifs is 1. The van der Waals surface area contributed by atoms with Gasteiger partial charge in [-0.1, -0.05) is 12.1 Å². The maximum atomic E-state index is 13.0. The van der Waals surface area contributed by atoms with E-state index in [-0.39, 0.29) is 11.9 Å².